The molecule has 0 spiro atoms. The Morgan fingerprint density at radius 3 is 1.14 bits per heavy atom. The van der Waals surface area contributed by atoms with E-state index in [2.05, 4.69) is 191 Å². The molecular formula is C48H30N2O. The van der Waals surface area contributed by atoms with E-state index < -0.39 is 0 Å². The summed E-state index contributed by atoms with van der Waals surface area (Å²) in [4.78, 5) is 0. The van der Waals surface area contributed by atoms with Crippen molar-refractivity contribution in [3.8, 4) is 33.6 Å². The molecule has 51 heavy (non-hydrogen) atoms. The molecule has 0 aliphatic carbocycles. The van der Waals surface area contributed by atoms with E-state index in [1.54, 1.807) is 0 Å². The Balaban J connectivity index is 0.946. The minimum atomic E-state index is 0.895. The fourth-order valence-electron chi connectivity index (χ4n) is 8.14. The molecule has 0 saturated heterocycles. The second kappa shape index (κ2) is 10.8. The molecule has 0 amide bonds. The van der Waals surface area contributed by atoms with Crippen molar-refractivity contribution in [1.29, 1.82) is 0 Å². The highest BCUT2D eigenvalue weighted by molar-refractivity contribution is 6.11. The van der Waals surface area contributed by atoms with Crippen LogP contribution in [0.5, 0.6) is 0 Å². The molecule has 8 aromatic carbocycles. The van der Waals surface area contributed by atoms with Crippen molar-refractivity contribution in [3.05, 3.63) is 182 Å². The molecule has 0 aliphatic heterocycles. The van der Waals surface area contributed by atoms with E-state index in [0.717, 1.165) is 33.3 Å². The standard InChI is InChI=1S/C48H30N2O/c1-5-13-43-37(9-1)38-10-2-6-14-44(38)49(43)35-24-21-32(22-25-35)31-17-19-33(20-18-31)34-23-27-47-41(29-34)42-30-36(26-28-48(42)51-47)50-45-15-7-3-11-39(45)40-12-4-8-16-46(40)50/h1-30H. The lowest BCUT2D eigenvalue weighted by atomic mass is 9.99. The van der Waals surface area contributed by atoms with Gasteiger partial charge in [0, 0.05) is 43.7 Å². The smallest absolute Gasteiger partial charge is 0.135 e. The molecule has 0 saturated carbocycles. The van der Waals surface area contributed by atoms with Crippen LogP contribution in [0.25, 0.3) is 99.2 Å². The topological polar surface area (TPSA) is 23.0 Å². The van der Waals surface area contributed by atoms with E-state index >= 15 is 0 Å². The van der Waals surface area contributed by atoms with Gasteiger partial charge in [-0.25, -0.2) is 0 Å². The molecule has 3 heterocycles. The van der Waals surface area contributed by atoms with Crippen LogP contribution in [0.1, 0.15) is 0 Å². The maximum Gasteiger partial charge on any atom is 0.135 e. The monoisotopic (exact) mass is 650 g/mol. The summed E-state index contributed by atoms with van der Waals surface area (Å²) in [6, 6.07) is 65.5. The summed E-state index contributed by atoms with van der Waals surface area (Å²) in [6.07, 6.45) is 0. The van der Waals surface area contributed by atoms with Crippen molar-refractivity contribution >= 4 is 65.6 Å². The van der Waals surface area contributed by atoms with Crippen molar-refractivity contribution in [2.45, 2.75) is 0 Å². The second-order valence-electron chi connectivity index (χ2n) is 13.4. The first-order valence-electron chi connectivity index (χ1n) is 17.4. The average Bonchev–Trinajstić information content (AvgIpc) is 3.85. The first kappa shape index (κ1) is 28.0. The molecule has 0 N–H and O–H groups in total. The first-order chi connectivity index (χ1) is 25.3. The third kappa shape index (κ3) is 4.25. The van der Waals surface area contributed by atoms with Gasteiger partial charge in [0.2, 0.25) is 0 Å². The first-order valence-corrected chi connectivity index (χ1v) is 17.4. The number of fused-ring (bicyclic) bond motifs is 9. The molecular weight excluding hydrogens is 621 g/mol. The number of nitrogens with zero attached hydrogens (tertiary/aromatic N) is 2. The van der Waals surface area contributed by atoms with Crippen LogP contribution in [0, 0.1) is 0 Å². The molecule has 0 radical (unpaired) electrons. The molecule has 238 valence electrons. The van der Waals surface area contributed by atoms with E-state index in [1.165, 1.54) is 65.9 Å². The summed E-state index contributed by atoms with van der Waals surface area (Å²) in [6.45, 7) is 0. The number of hydrogen-bond donors (Lipinski definition) is 0. The summed E-state index contributed by atoms with van der Waals surface area (Å²) < 4.78 is 11.1. The van der Waals surface area contributed by atoms with Crippen molar-refractivity contribution in [3.63, 3.8) is 0 Å². The number of rotatable bonds is 4. The number of aromatic nitrogens is 2. The van der Waals surface area contributed by atoms with Crippen LogP contribution in [0.4, 0.5) is 0 Å². The minimum absolute atomic E-state index is 0.895. The minimum Gasteiger partial charge on any atom is -0.456 e. The lowest BCUT2D eigenvalue weighted by molar-refractivity contribution is 0.669. The van der Waals surface area contributed by atoms with E-state index in [0.29, 0.717) is 0 Å². The molecule has 0 unspecified atom stereocenters. The summed E-state index contributed by atoms with van der Waals surface area (Å²) >= 11 is 0. The molecule has 3 heteroatoms. The summed E-state index contributed by atoms with van der Waals surface area (Å²) in [5.74, 6) is 0. The Morgan fingerprint density at radius 2 is 0.627 bits per heavy atom. The molecule has 0 aliphatic rings. The van der Waals surface area contributed by atoms with Crippen LogP contribution in [-0.2, 0) is 0 Å². The normalized spacial score (nSPS) is 11.9. The van der Waals surface area contributed by atoms with Crippen LogP contribution in [0.15, 0.2) is 186 Å². The number of furan rings is 1. The third-order valence-electron chi connectivity index (χ3n) is 10.5. The lowest BCUT2D eigenvalue weighted by Crippen LogP contribution is -1.93. The predicted octanol–water partition coefficient (Wildman–Crippen LogP) is 13.1. The van der Waals surface area contributed by atoms with Gasteiger partial charge in [-0.05, 0) is 89.0 Å². The maximum absolute atomic E-state index is 6.34. The largest absolute Gasteiger partial charge is 0.456 e. The SMILES string of the molecule is c1ccc2c(c1)c1ccccc1n2-c1ccc(-c2ccc(-c3ccc4oc5ccc(-n6c7ccccc7c7ccccc76)cc5c4c3)cc2)cc1. The average molecular weight is 651 g/mol. The van der Waals surface area contributed by atoms with Gasteiger partial charge in [0.25, 0.3) is 0 Å². The Kier molecular flexibility index (Phi) is 5.96. The fraction of sp³-hybridized carbons (Fsp3) is 0. The fourth-order valence-corrected chi connectivity index (χ4v) is 8.14. The van der Waals surface area contributed by atoms with Crippen molar-refractivity contribution in [2.24, 2.45) is 0 Å². The quantitative estimate of drug-likeness (QED) is 0.186. The van der Waals surface area contributed by atoms with Gasteiger partial charge in [-0.1, -0.05) is 115 Å². The van der Waals surface area contributed by atoms with Crippen LogP contribution in [0.3, 0.4) is 0 Å². The summed E-state index contributed by atoms with van der Waals surface area (Å²) in [5, 5.41) is 7.31. The van der Waals surface area contributed by atoms with Gasteiger partial charge in [0.15, 0.2) is 0 Å². The van der Waals surface area contributed by atoms with Crippen molar-refractivity contribution in [1.82, 2.24) is 9.13 Å². The number of benzene rings is 8. The molecule has 0 bridgehead atoms. The predicted molar refractivity (Wildman–Crippen MR) is 213 cm³/mol. The van der Waals surface area contributed by atoms with Gasteiger partial charge >= 0.3 is 0 Å². The van der Waals surface area contributed by atoms with Gasteiger partial charge < -0.3 is 13.6 Å². The Morgan fingerprint density at radius 1 is 0.275 bits per heavy atom. The van der Waals surface area contributed by atoms with Gasteiger partial charge in [0.1, 0.15) is 11.2 Å². The van der Waals surface area contributed by atoms with E-state index in [1.807, 2.05) is 0 Å². The Labute approximate surface area is 293 Å². The van der Waals surface area contributed by atoms with Gasteiger partial charge in [0.05, 0.1) is 22.1 Å². The van der Waals surface area contributed by atoms with Crippen molar-refractivity contribution in [2.75, 3.05) is 0 Å². The van der Waals surface area contributed by atoms with Crippen molar-refractivity contribution < 1.29 is 4.42 Å². The highest BCUT2D eigenvalue weighted by Crippen LogP contribution is 2.38. The zero-order valence-electron chi connectivity index (χ0n) is 27.6. The molecule has 3 aromatic heterocycles. The zero-order chi connectivity index (χ0) is 33.5. The van der Waals surface area contributed by atoms with Crippen LogP contribution < -0.4 is 0 Å². The Bertz CT molecular complexity index is 3010. The third-order valence-corrected chi connectivity index (χ3v) is 10.5. The number of hydrogen-bond acceptors (Lipinski definition) is 1. The molecule has 3 nitrogen and oxygen atoms in total. The maximum atomic E-state index is 6.34. The van der Waals surface area contributed by atoms with E-state index in [-0.39, 0.29) is 0 Å². The van der Waals surface area contributed by atoms with Gasteiger partial charge in [-0.15, -0.1) is 0 Å². The molecule has 11 rings (SSSR count). The van der Waals surface area contributed by atoms with Gasteiger partial charge in [-0.3, -0.25) is 0 Å². The molecule has 0 fully saturated rings. The molecule has 11 aromatic rings. The van der Waals surface area contributed by atoms with Gasteiger partial charge in [-0.2, -0.15) is 0 Å². The number of para-hydroxylation sites is 4. The zero-order valence-corrected chi connectivity index (χ0v) is 27.6. The molecule has 0 atom stereocenters. The van der Waals surface area contributed by atoms with Crippen LogP contribution in [-0.4, -0.2) is 9.13 Å². The summed E-state index contributed by atoms with van der Waals surface area (Å²) in [7, 11) is 0. The highest BCUT2D eigenvalue weighted by atomic mass is 16.3. The Hall–Kier alpha value is -6.84. The van der Waals surface area contributed by atoms with E-state index in [4.69, 9.17) is 4.42 Å². The summed E-state index contributed by atoms with van der Waals surface area (Å²) in [5.41, 5.74) is 13.7. The lowest BCUT2D eigenvalue weighted by Gasteiger charge is -2.10. The van der Waals surface area contributed by atoms with Crippen LogP contribution in [0.2, 0.25) is 0 Å². The highest BCUT2D eigenvalue weighted by Gasteiger charge is 2.15. The van der Waals surface area contributed by atoms with E-state index in [9.17, 15) is 0 Å². The second-order valence-corrected chi connectivity index (χ2v) is 13.4. The van der Waals surface area contributed by atoms with Crippen LogP contribution >= 0.6 is 0 Å².